The number of nitrogens with zero attached hydrogens (tertiary/aromatic N) is 1. The van der Waals surface area contributed by atoms with Crippen molar-refractivity contribution >= 4 is 18.0 Å². The van der Waals surface area contributed by atoms with Crippen molar-refractivity contribution in [3.63, 3.8) is 0 Å². The molecule has 0 aliphatic carbocycles. The summed E-state index contributed by atoms with van der Waals surface area (Å²) in [5, 5.41) is 8.64. The monoisotopic (exact) mass is 259 g/mol. The number of carboxylic acids is 1. The molecule has 0 fully saturated rings. The molecule has 4 heteroatoms. The molecule has 0 aromatic heterocycles. The molecule has 1 aromatic rings. The van der Waals surface area contributed by atoms with Crippen molar-refractivity contribution in [2.45, 2.75) is 6.42 Å². The van der Waals surface area contributed by atoms with Gasteiger partial charge in [-0.05, 0) is 11.6 Å². The summed E-state index contributed by atoms with van der Waals surface area (Å²) in [5.41, 5.74) is 0.924. The molecule has 0 heterocycles. The second kappa shape index (κ2) is 7.87. The number of amides is 1. The lowest BCUT2D eigenvalue weighted by Crippen LogP contribution is -2.31. The minimum Gasteiger partial charge on any atom is -0.481 e. The van der Waals surface area contributed by atoms with Gasteiger partial charge < -0.3 is 10.0 Å². The maximum Gasteiger partial charge on any atom is 0.305 e. The number of carbonyl (C=O) groups is 2. The number of carboxylic acid groups (broad SMARTS) is 1. The van der Waals surface area contributed by atoms with Crippen LogP contribution in [-0.2, 0) is 9.59 Å². The lowest BCUT2D eigenvalue weighted by atomic mass is 10.2. The van der Waals surface area contributed by atoms with Crippen LogP contribution in [0.15, 0.2) is 49.1 Å². The Balaban J connectivity index is 2.63. The first-order chi connectivity index (χ1) is 9.13. The predicted octanol–water partition coefficient (Wildman–Crippen LogP) is 2.19. The predicted molar refractivity (Wildman–Crippen MR) is 74.5 cm³/mol. The molecule has 1 rings (SSSR count). The Bertz CT molecular complexity index is 466. The highest BCUT2D eigenvalue weighted by Crippen LogP contribution is 2.03. The topological polar surface area (TPSA) is 57.6 Å². The molecule has 19 heavy (non-hydrogen) atoms. The molecule has 0 aliphatic heterocycles. The van der Waals surface area contributed by atoms with Gasteiger partial charge in [0.1, 0.15) is 0 Å². The molecule has 0 radical (unpaired) electrons. The Morgan fingerprint density at radius 2 is 1.95 bits per heavy atom. The maximum absolute atomic E-state index is 11.9. The highest BCUT2D eigenvalue weighted by molar-refractivity contribution is 5.92. The number of rotatable bonds is 7. The van der Waals surface area contributed by atoms with Gasteiger partial charge in [0.05, 0.1) is 6.42 Å². The Hall–Kier alpha value is -2.36. The summed E-state index contributed by atoms with van der Waals surface area (Å²) in [4.78, 5) is 23.9. The highest BCUT2D eigenvalue weighted by atomic mass is 16.4. The molecular weight excluding hydrogens is 242 g/mol. The van der Waals surface area contributed by atoms with E-state index in [0.717, 1.165) is 5.56 Å². The van der Waals surface area contributed by atoms with E-state index in [1.807, 2.05) is 30.3 Å². The zero-order valence-corrected chi connectivity index (χ0v) is 10.7. The van der Waals surface area contributed by atoms with Gasteiger partial charge in [-0.25, -0.2) is 0 Å². The lowest BCUT2D eigenvalue weighted by Gasteiger charge is -2.18. The normalized spacial score (nSPS) is 10.3. The van der Waals surface area contributed by atoms with Gasteiger partial charge in [-0.1, -0.05) is 36.4 Å². The van der Waals surface area contributed by atoms with Crippen LogP contribution in [0.2, 0.25) is 0 Å². The largest absolute Gasteiger partial charge is 0.481 e. The molecule has 0 saturated carbocycles. The second-order valence-corrected chi connectivity index (χ2v) is 3.96. The lowest BCUT2D eigenvalue weighted by molar-refractivity contribution is -0.137. The van der Waals surface area contributed by atoms with E-state index in [2.05, 4.69) is 6.58 Å². The van der Waals surface area contributed by atoms with E-state index < -0.39 is 5.97 Å². The van der Waals surface area contributed by atoms with Crippen molar-refractivity contribution in [2.24, 2.45) is 0 Å². The van der Waals surface area contributed by atoms with Crippen LogP contribution in [0.25, 0.3) is 6.08 Å². The third-order valence-corrected chi connectivity index (χ3v) is 2.47. The van der Waals surface area contributed by atoms with Gasteiger partial charge in [-0.3, -0.25) is 9.59 Å². The minimum absolute atomic E-state index is 0.0707. The average Bonchev–Trinajstić information content (AvgIpc) is 2.41. The molecule has 0 bridgehead atoms. The van der Waals surface area contributed by atoms with Crippen LogP contribution in [0.3, 0.4) is 0 Å². The van der Waals surface area contributed by atoms with Crippen molar-refractivity contribution < 1.29 is 14.7 Å². The van der Waals surface area contributed by atoms with Crippen LogP contribution in [0.5, 0.6) is 0 Å². The number of benzene rings is 1. The van der Waals surface area contributed by atoms with Crippen molar-refractivity contribution in [1.82, 2.24) is 4.90 Å². The van der Waals surface area contributed by atoms with Gasteiger partial charge in [0.2, 0.25) is 5.91 Å². The molecule has 100 valence electrons. The van der Waals surface area contributed by atoms with Crippen LogP contribution >= 0.6 is 0 Å². The molecule has 1 aromatic carbocycles. The van der Waals surface area contributed by atoms with Gasteiger partial charge >= 0.3 is 5.97 Å². The van der Waals surface area contributed by atoms with Crippen molar-refractivity contribution in [3.8, 4) is 0 Å². The summed E-state index contributed by atoms with van der Waals surface area (Å²) in [7, 11) is 0. The molecule has 0 spiro atoms. The fourth-order valence-corrected chi connectivity index (χ4v) is 1.51. The van der Waals surface area contributed by atoms with E-state index >= 15 is 0 Å². The maximum atomic E-state index is 11.9. The van der Waals surface area contributed by atoms with Gasteiger partial charge in [0.15, 0.2) is 0 Å². The van der Waals surface area contributed by atoms with E-state index in [9.17, 15) is 9.59 Å². The summed E-state index contributed by atoms with van der Waals surface area (Å²) in [6, 6.07) is 9.44. The zero-order chi connectivity index (χ0) is 14.1. The van der Waals surface area contributed by atoms with E-state index in [1.54, 1.807) is 12.2 Å². The molecule has 1 amide bonds. The molecular formula is C15H17NO3. The van der Waals surface area contributed by atoms with E-state index in [1.165, 1.54) is 11.0 Å². The Labute approximate surface area is 112 Å². The van der Waals surface area contributed by atoms with E-state index in [-0.39, 0.29) is 18.9 Å². The van der Waals surface area contributed by atoms with Crippen LogP contribution in [0.4, 0.5) is 0 Å². The van der Waals surface area contributed by atoms with Crippen molar-refractivity contribution in [1.29, 1.82) is 0 Å². The number of hydrogen-bond donors (Lipinski definition) is 1. The fourth-order valence-electron chi connectivity index (χ4n) is 1.51. The summed E-state index contributed by atoms with van der Waals surface area (Å²) in [6.07, 6.45) is 4.66. The molecule has 0 aliphatic rings. The van der Waals surface area contributed by atoms with Gasteiger partial charge in [-0.15, -0.1) is 6.58 Å². The molecule has 0 unspecified atom stereocenters. The average molecular weight is 259 g/mol. The second-order valence-electron chi connectivity index (χ2n) is 3.96. The molecule has 1 N–H and O–H groups in total. The first-order valence-corrected chi connectivity index (χ1v) is 5.98. The molecule has 0 atom stereocenters. The number of hydrogen-bond acceptors (Lipinski definition) is 2. The molecule has 4 nitrogen and oxygen atoms in total. The van der Waals surface area contributed by atoms with E-state index in [0.29, 0.717) is 6.54 Å². The standard InChI is InChI=1S/C15H17NO3/c1-2-11-16(12-10-15(18)19)14(17)9-8-13-6-4-3-5-7-13/h2-9H,1,10-12H2,(H,18,19)/b9-8+. The number of carbonyl (C=O) groups excluding carboxylic acids is 1. The van der Waals surface area contributed by atoms with Crippen LogP contribution < -0.4 is 0 Å². The SMILES string of the molecule is C=CCN(CCC(=O)O)C(=O)/C=C/c1ccccc1. The van der Waals surface area contributed by atoms with Crippen LogP contribution in [0.1, 0.15) is 12.0 Å². The number of aliphatic carboxylic acids is 1. The summed E-state index contributed by atoms with van der Waals surface area (Å²) in [6.45, 7) is 4.08. The van der Waals surface area contributed by atoms with Gasteiger partial charge in [0, 0.05) is 19.2 Å². The van der Waals surface area contributed by atoms with Crippen LogP contribution in [-0.4, -0.2) is 35.0 Å². The Morgan fingerprint density at radius 1 is 1.26 bits per heavy atom. The Morgan fingerprint density at radius 3 is 2.53 bits per heavy atom. The van der Waals surface area contributed by atoms with Crippen molar-refractivity contribution in [3.05, 3.63) is 54.6 Å². The first-order valence-electron chi connectivity index (χ1n) is 5.98. The van der Waals surface area contributed by atoms with Gasteiger partial charge in [0.25, 0.3) is 0 Å². The minimum atomic E-state index is -0.922. The highest BCUT2D eigenvalue weighted by Gasteiger charge is 2.10. The fraction of sp³-hybridized carbons (Fsp3) is 0.200. The third kappa shape index (κ3) is 5.68. The molecule has 0 saturated heterocycles. The third-order valence-electron chi connectivity index (χ3n) is 2.47. The quantitative estimate of drug-likeness (QED) is 0.603. The smallest absolute Gasteiger partial charge is 0.305 e. The first kappa shape index (κ1) is 14.7. The summed E-state index contributed by atoms with van der Waals surface area (Å²) in [5.74, 6) is -1.14. The van der Waals surface area contributed by atoms with Crippen LogP contribution in [0, 0.1) is 0 Å². The summed E-state index contributed by atoms with van der Waals surface area (Å²) < 4.78 is 0. The Kier molecular flexibility index (Phi) is 6.09. The summed E-state index contributed by atoms with van der Waals surface area (Å²) >= 11 is 0. The zero-order valence-electron chi connectivity index (χ0n) is 10.7. The van der Waals surface area contributed by atoms with E-state index in [4.69, 9.17) is 5.11 Å². The van der Waals surface area contributed by atoms with Gasteiger partial charge in [-0.2, -0.15) is 0 Å². The van der Waals surface area contributed by atoms with Crippen molar-refractivity contribution in [2.75, 3.05) is 13.1 Å².